The van der Waals surface area contributed by atoms with Gasteiger partial charge in [-0.25, -0.2) is 4.98 Å². The van der Waals surface area contributed by atoms with Crippen molar-refractivity contribution in [3.8, 4) is 28.7 Å². The molecule has 1 aliphatic heterocycles. The zero-order valence-electron chi connectivity index (χ0n) is 22.3. The monoisotopic (exact) mass is 516 g/mol. The number of carbonyl (C=O) groups excluding carboxylic acids is 1. The molecule has 0 unspecified atom stereocenters. The SMILES string of the molecule is C[C@H](Oc1cc(-c2cccc(CO)c2)nc(-c2noc3c2CCC[C@@]32CCCCC2=O)n1)[C@@H]1CCCN1C. The average molecular weight is 517 g/mol. The van der Waals surface area contributed by atoms with Crippen molar-refractivity contribution in [2.24, 2.45) is 0 Å². The number of aromatic nitrogens is 3. The lowest BCUT2D eigenvalue weighted by molar-refractivity contribution is -0.128. The second-order valence-corrected chi connectivity index (χ2v) is 11.2. The van der Waals surface area contributed by atoms with Crippen molar-refractivity contribution in [1.82, 2.24) is 20.0 Å². The minimum absolute atomic E-state index is 0.0452. The number of aliphatic hydroxyl groups is 1. The summed E-state index contributed by atoms with van der Waals surface area (Å²) in [6.07, 6.45) is 8.14. The van der Waals surface area contributed by atoms with Crippen LogP contribution in [-0.2, 0) is 23.2 Å². The molecule has 3 heterocycles. The first-order valence-corrected chi connectivity index (χ1v) is 14.0. The molecule has 1 saturated heterocycles. The second-order valence-electron chi connectivity index (χ2n) is 11.2. The maximum absolute atomic E-state index is 13.1. The molecule has 8 nitrogen and oxygen atoms in total. The lowest BCUT2D eigenvalue weighted by Crippen LogP contribution is -2.41. The standard InChI is InChI=1S/C30H36N4O4/c1-19(24-11-7-15-34(24)2)37-26-17-23(21-9-5-8-20(16-21)18-35)31-29(32-26)27-22-10-6-14-30(28(22)38-33-27)13-4-3-12-25(30)36/h5,8-9,16-17,19,24,35H,3-4,6-7,10-15,18H2,1-2H3/t19-,24-,30+/m0/s1. The fraction of sp³-hybridized carbons (Fsp3) is 0.533. The van der Waals surface area contributed by atoms with E-state index in [1.54, 1.807) is 0 Å². The smallest absolute Gasteiger partial charge is 0.217 e. The van der Waals surface area contributed by atoms with Crippen LogP contribution < -0.4 is 4.74 Å². The molecule has 0 radical (unpaired) electrons. The molecular weight excluding hydrogens is 480 g/mol. The van der Waals surface area contributed by atoms with Crippen LogP contribution in [0.25, 0.3) is 22.8 Å². The Hall–Kier alpha value is -3.10. The van der Waals surface area contributed by atoms with Gasteiger partial charge in [0.25, 0.3) is 0 Å². The van der Waals surface area contributed by atoms with Gasteiger partial charge in [-0.3, -0.25) is 9.69 Å². The molecular formula is C30H36N4O4. The van der Waals surface area contributed by atoms with Gasteiger partial charge in [0.15, 0.2) is 17.3 Å². The van der Waals surface area contributed by atoms with E-state index >= 15 is 0 Å². The normalized spacial score (nSPS) is 24.5. The van der Waals surface area contributed by atoms with Gasteiger partial charge in [0.05, 0.1) is 17.7 Å². The predicted molar refractivity (Wildman–Crippen MR) is 143 cm³/mol. The highest BCUT2D eigenvalue weighted by molar-refractivity contribution is 5.91. The Labute approximate surface area is 223 Å². The van der Waals surface area contributed by atoms with Crippen molar-refractivity contribution in [2.75, 3.05) is 13.6 Å². The summed E-state index contributed by atoms with van der Waals surface area (Å²) >= 11 is 0. The Morgan fingerprint density at radius 1 is 1.16 bits per heavy atom. The van der Waals surface area contributed by atoms with Crippen LogP contribution in [0.1, 0.15) is 75.2 Å². The summed E-state index contributed by atoms with van der Waals surface area (Å²) in [6.45, 7) is 3.11. The fourth-order valence-electron chi connectivity index (χ4n) is 6.74. The fourth-order valence-corrected chi connectivity index (χ4v) is 6.74. The van der Waals surface area contributed by atoms with Crippen molar-refractivity contribution >= 4 is 5.78 Å². The maximum Gasteiger partial charge on any atom is 0.217 e. The molecule has 0 amide bonds. The van der Waals surface area contributed by atoms with Gasteiger partial charge in [-0.2, -0.15) is 4.98 Å². The van der Waals surface area contributed by atoms with Crippen LogP contribution in [-0.4, -0.2) is 56.7 Å². The average Bonchev–Trinajstić information content (AvgIpc) is 3.57. The minimum atomic E-state index is -0.551. The number of ketones is 1. The van der Waals surface area contributed by atoms with Crippen molar-refractivity contribution in [3.05, 3.63) is 47.2 Å². The van der Waals surface area contributed by atoms with Gasteiger partial charge < -0.3 is 14.4 Å². The molecule has 3 aromatic rings. The van der Waals surface area contributed by atoms with E-state index in [0.29, 0.717) is 35.6 Å². The number of Topliss-reactive ketones (excluding diaryl/α,β-unsaturated/α-hetero) is 1. The van der Waals surface area contributed by atoms with Gasteiger partial charge in [0, 0.05) is 29.7 Å². The van der Waals surface area contributed by atoms with Crippen LogP contribution >= 0.6 is 0 Å². The summed E-state index contributed by atoms with van der Waals surface area (Å²) < 4.78 is 12.4. The topological polar surface area (TPSA) is 102 Å². The van der Waals surface area contributed by atoms with E-state index in [0.717, 1.165) is 80.4 Å². The van der Waals surface area contributed by atoms with Crippen molar-refractivity contribution in [3.63, 3.8) is 0 Å². The third-order valence-electron chi connectivity index (χ3n) is 8.79. The van der Waals surface area contributed by atoms with Crippen LogP contribution in [0, 0.1) is 0 Å². The Morgan fingerprint density at radius 3 is 2.82 bits per heavy atom. The molecule has 1 saturated carbocycles. The Bertz CT molecular complexity index is 1340. The maximum atomic E-state index is 13.1. The van der Waals surface area contributed by atoms with E-state index in [-0.39, 0.29) is 18.5 Å². The molecule has 38 heavy (non-hydrogen) atoms. The van der Waals surface area contributed by atoms with Crippen LogP contribution in [0.3, 0.4) is 0 Å². The predicted octanol–water partition coefficient (Wildman–Crippen LogP) is 4.87. The summed E-state index contributed by atoms with van der Waals surface area (Å²) in [5, 5.41) is 14.2. The van der Waals surface area contributed by atoms with E-state index in [1.165, 1.54) is 0 Å². The Balaban J connectivity index is 1.43. The van der Waals surface area contributed by atoms with Crippen LogP contribution in [0.15, 0.2) is 34.9 Å². The van der Waals surface area contributed by atoms with E-state index in [2.05, 4.69) is 24.0 Å². The number of carbonyl (C=O) groups is 1. The van der Waals surface area contributed by atoms with Gasteiger partial charge in [-0.15, -0.1) is 0 Å². The highest BCUT2D eigenvalue weighted by atomic mass is 16.5. The molecule has 1 N–H and O–H groups in total. The largest absolute Gasteiger partial charge is 0.473 e. The molecule has 3 atom stereocenters. The zero-order valence-corrected chi connectivity index (χ0v) is 22.3. The number of likely N-dealkylation sites (N-methyl/N-ethyl adjacent to an activating group) is 1. The second kappa shape index (κ2) is 10.2. The lowest BCUT2D eigenvalue weighted by Gasteiger charge is -2.36. The molecule has 3 aliphatic rings. The minimum Gasteiger partial charge on any atom is -0.473 e. The third-order valence-corrected chi connectivity index (χ3v) is 8.79. The summed E-state index contributed by atoms with van der Waals surface area (Å²) in [5.74, 6) is 1.94. The number of aliphatic hydroxyl groups excluding tert-OH is 1. The zero-order chi connectivity index (χ0) is 26.3. The van der Waals surface area contributed by atoms with Crippen molar-refractivity contribution in [1.29, 1.82) is 0 Å². The number of nitrogens with zero attached hydrogens (tertiary/aromatic N) is 4. The molecule has 6 rings (SSSR count). The quantitative estimate of drug-likeness (QED) is 0.495. The highest BCUT2D eigenvalue weighted by Gasteiger charge is 2.48. The third kappa shape index (κ3) is 4.43. The molecule has 1 spiro atoms. The number of rotatable bonds is 6. The van der Waals surface area contributed by atoms with Crippen molar-refractivity contribution < 1.29 is 19.2 Å². The molecule has 2 aliphatic carbocycles. The van der Waals surface area contributed by atoms with Crippen LogP contribution in [0.5, 0.6) is 5.88 Å². The van der Waals surface area contributed by atoms with Gasteiger partial charge in [0.1, 0.15) is 11.9 Å². The molecule has 200 valence electrons. The van der Waals surface area contributed by atoms with Crippen molar-refractivity contribution in [2.45, 2.75) is 88.9 Å². The molecule has 1 aromatic carbocycles. The van der Waals surface area contributed by atoms with Gasteiger partial charge in [-0.1, -0.05) is 29.8 Å². The summed E-state index contributed by atoms with van der Waals surface area (Å²) in [7, 11) is 2.14. The molecule has 8 heteroatoms. The van der Waals surface area contributed by atoms with E-state index in [9.17, 15) is 9.90 Å². The van der Waals surface area contributed by atoms with Gasteiger partial charge in [0.2, 0.25) is 5.88 Å². The van der Waals surface area contributed by atoms with E-state index in [1.807, 2.05) is 30.3 Å². The Kier molecular flexibility index (Phi) is 6.78. The number of likely N-dealkylation sites (tertiary alicyclic amines) is 1. The Morgan fingerprint density at radius 2 is 2.03 bits per heavy atom. The number of fused-ring (bicyclic) bond motifs is 2. The van der Waals surface area contributed by atoms with Crippen LogP contribution in [0.2, 0.25) is 0 Å². The molecule has 2 aromatic heterocycles. The number of benzene rings is 1. The number of ether oxygens (including phenoxy) is 1. The first kappa shape index (κ1) is 25.2. The first-order chi connectivity index (χ1) is 18.5. The summed E-state index contributed by atoms with van der Waals surface area (Å²) in [6, 6.07) is 9.89. The molecule has 2 fully saturated rings. The van der Waals surface area contributed by atoms with Gasteiger partial charge >= 0.3 is 0 Å². The van der Waals surface area contributed by atoms with Gasteiger partial charge in [-0.05, 0) is 77.1 Å². The number of hydrogen-bond donors (Lipinski definition) is 1. The molecule has 0 bridgehead atoms. The summed E-state index contributed by atoms with van der Waals surface area (Å²) in [5.41, 5.74) is 3.39. The van der Waals surface area contributed by atoms with E-state index in [4.69, 9.17) is 19.2 Å². The number of hydrogen-bond acceptors (Lipinski definition) is 8. The first-order valence-electron chi connectivity index (χ1n) is 14.0. The summed E-state index contributed by atoms with van der Waals surface area (Å²) in [4.78, 5) is 25.2. The van der Waals surface area contributed by atoms with Crippen LogP contribution in [0.4, 0.5) is 0 Å². The van der Waals surface area contributed by atoms with E-state index < -0.39 is 5.41 Å². The highest BCUT2D eigenvalue weighted by Crippen LogP contribution is 2.47. The lowest BCUT2D eigenvalue weighted by atomic mass is 9.64.